The molecule has 0 amide bonds. The van der Waals surface area contributed by atoms with Gasteiger partial charge in [0, 0.05) is 13.3 Å². The quantitative estimate of drug-likeness (QED) is 0.393. The van der Waals surface area contributed by atoms with Gasteiger partial charge in [0.05, 0.1) is 0 Å². The summed E-state index contributed by atoms with van der Waals surface area (Å²) in [5.41, 5.74) is 0. The minimum absolute atomic E-state index is 0.221. The van der Waals surface area contributed by atoms with Gasteiger partial charge in [0.1, 0.15) is 12.3 Å². The average Bonchev–Trinajstić information content (AvgIpc) is 2.48. The Bertz CT molecular complexity index is 103. The molecular weight excluding hydrogens is 104 g/mol. The van der Waals surface area contributed by atoms with Crippen LogP contribution in [0.15, 0.2) is 4.99 Å². The molecule has 46 valence electrons. The largest absolute Gasteiger partial charge is 0.347 e. The molecule has 0 bridgehead atoms. The van der Waals surface area contributed by atoms with E-state index in [1.54, 1.807) is 13.3 Å². The predicted molar refractivity (Wildman–Crippen MR) is 32.1 cm³/mol. The van der Waals surface area contributed by atoms with Gasteiger partial charge in [-0.1, -0.05) is 0 Å². The molecule has 0 aliphatic carbocycles. The predicted octanol–water partition coefficient (Wildman–Crippen LogP) is -0.369. The zero-order valence-electron chi connectivity index (χ0n) is 5.09. The van der Waals surface area contributed by atoms with Crippen LogP contribution < -0.4 is 5.32 Å². The summed E-state index contributed by atoms with van der Waals surface area (Å²) in [4.78, 5) is 3.81. The van der Waals surface area contributed by atoms with Crippen LogP contribution in [0.2, 0.25) is 0 Å². The van der Waals surface area contributed by atoms with Gasteiger partial charge in [0.2, 0.25) is 0 Å². The number of nitrogens with one attached hydrogen (secondary N) is 1. The van der Waals surface area contributed by atoms with Crippen molar-refractivity contribution in [3.05, 3.63) is 0 Å². The van der Waals surface area contributed by atoms with Crippen molar-refractivity contribution in [1.29, 1.82) is 0 Å². The van der Waals surface area contributed by atoms with Crippen molar-refractivity contribution in [3.63, 3.8) is 0 Å². The number of epoxide rings is 1. The molecule has 1 rings (SSSR count). The van der Waals surface area contributed by atoms with E-state index in [1.165, 1.54) is 0 Å². The fourth-order valence-corrected chi connectivity index (χ4v) is 0.616. The van der Waals surface area contributed by atoms with Crippen LogP contribution in [0, 0.1) is 0 Å². The van der Waals surface area contributed by atoms with Crippen LogP contribution in [0.5, 0.6) is 0 Å². The van der Waals surface area contributed by atoms with Gasteiger partial charge in [-0.15, -0.1) is 0 Å². The average molecular weight is 114 g/mol. The Morgan fingerprint density at radius 2 is 2.50 bits per heavy atom. The molecule has 0 spiro atoms. The van der Waals surface area contributed by atoms with Gasteiger partial charge in [0.15, 0.2) is 0 Å². The highest BCUT2D eigenvalue weighted by Gasteiger charge is 2.35. The van der Waals surface area contributed by atoms with E-state index < -0.39 is 0 Å². The molecule has 1 fully saturated rings. The Balaban J connectivity index is 2.17. The molecule has 1 N–H and O–H groups in total. The van der Waals surface area contributed by atoms with Crippen molar-refractivity contribution in [1.82, 2.24) is 5.32 Å². The second-order valence-electron chi connectivity index (χ2n) is 1.72. The van der Waals surface area contributed by atoms with Crippen LogP contribution in [0.3, 0.4) is 0 Å². The second kappa shape index (κ2) is 2.24. The molecule has 0 aromatic carbocycles. The van der Waals surface area contributed by atoms with Crippen molar-refractivity contribution in [2.45, 2.75) is 12.3 Å². The van der Waals surface area contributed by atoms with Gasteiger partial charge in [-0.25, -0.2) is 0 Å². The number of likely N-dealkylation sites (N-methyl/N-ethyl adjacent to an activating group) is 1. The first-order valence-corrected chi connectivity index (χ1v) is 2.63. The highest BCUT2D eigenvalue weighted by Crippen LogP contribution is 2.15. The van der Waals surface area contributed by atoms with E-state index in [1.807, 2.05) is 7.05 Å². The fraction of sp³-hybridized carbons (Fsp3) is 0.800. The number of ether oxygens (including phenoxy) is 1. The molecule has 2 unspecified atom stereocenters. The summed E-state index contributed by atoms with van der Waals surface area (Å²) in [5.74, 6) is 0. The van der Waals surface area contributed by atoms with Crippen LogP contribution in [-0.2, 0) is 4.74 Å². The Morgan fingerprint density at radius 3 is 2.88 bits per heavy atom. The maximum atomic E-state index is 5.05. The standard InChI is InChI=1S/C5H10N2O/c1-6-3-4-5(7-2)8-4/h3-5,7H,1-2H3/b6-3+. The normalized spacial score (nSPS) is 36.2. The summed E-state index contributed by atoms with van der Waals surface area (Å²) in [6.45, 7) is 0. The Morgan fingerprint density at radius 1 is 1.75 bits per heavy atom. The summed E-state index contributed by atoms with van der Waals surface area (Å²) in [6.07, 6.45) is 2.24. The number of nitrogens with zero attached hydrogens (tertiary/aromatic N) is 1. The van der Waals surface area contributed by atoms with E-state index in [0.717, 1.165) is 0 Å². The summed E-state index contributed by atoms with van der Waals surface area (Å²) < 4.78 is 5.05. The molecule has 3 heteroatoms. The van der Waals surface area contributed by atoms with E-state index in [4.69, 9.17) is 4.74 Å². The van der Waals surface area contributed by atoms with Gasteiger partial charge < -0.3 is 4.74 Å². The number of hydrogen-bond acceptors (Lipinski definition) is 3. The highest BCUT2D eigenvalue weighted by atomic mass is 16.6. The van der Waals surface area contributed by atoms with Gasteiger partial charge in [0.25, 0.3) is 0 Å². The van der Waals surface area contributed by atoms with E-state index >= 15 is 0 Å². The van der Waals surface area contributed by atoms with Crippen molar-refractivity contribution >= 4 is 6.21 Å². The summed E-state index contributed by atoms with van der Waals surface area (Å²) in [7, 11) is 3.61. The third-order valence-electron chi connectivity index (χ3n) is 1.11. The SMILES string of the molecule is C/N=C/C1OC1NC. The Kier molecular flexibility index (Phi) is 1.60. The molecule has 1 aliphatic rings. The van der Waals surface area contributed by atoms with Gasteiger partial charge in [-0.2, -0.15) is 0 Å². The lowest BCUT2D eigenvalue weighted by atomic mass is 10.5. The molecule has 2 atom stereocenters. The third kappa shape index (κ3) is 1.05. The van der Waals surface area contributed by atoms with Gasteiger partial charge in [-0.05, 0) is 7.05 Å². The summed E-state index contributed by atoms with van der Waals surface area (Å²) in [6, 6.07) is 0. The number of hydrogen-bond donors (Lipinski definition) is 1. The number of aliphatic imine (C=N–C) groups is 1. The molecule has 0 aromatic heterocycles. The maximum absolute atomic E-state index is 5.05. The van der Waals surface area contributed by atoms with Gasteiger partial charge in [-0.3, -0.25) is 10.3 Å². The first kappa shape index (κ1) is 5.72. The molecule has 3 nitrogen and oxygen atoms in total. The lowest BCUT2D eigenvalue weighted by Crippen LogP contribution is -2.13. The molecular formula is C5H10N2O. The molecule has 1 aliphatic heterocycles. The minimum atomic E-state index is 0.221. The lowest BCUT2D eigenvalue weighted by molar-refractivity contribution is 0.374. The first-order chi connectivity index (χ1) is 3.88. The Labute approximate surface area is 48.8 Å². The molecule has 8 heavy (non-hydrogen) atoms. The first-order valence-electron chi connectivity index (χ1n) is 2.63. The smallest absolute Gasteiger partial charge is 0.140 e. The second-order valence-corrected chi connectivity index (χ2v) is 1.72. The maximum Gasteiger partial charge on any atom is 0.140 e. The highest BCUT2D eigenvalue weighted by molar-refractivity contribution is 5.66. The zero-order valence-corrected chi connectivity index (χ0v) is 5.09. The molecule has 1 heterocycles. The van der Waals surface area contributed by atoms with Crippen molar-refractivity contribution < 1.29 is 4.74 Å². The number of rotatable bonds is 2. The van der Waals surface area contributed by atoms with Crippen LogP contribution >= 0.6 is 0 Å². The minimum Gasteiger partial charge on any atom is -0.347 e. The van der Waals surface area contributed by atoms with Crippen molar-refractivity contribution in [2.75, 3.05) is 14.1 Å². The molecule has 1 saturated heterocycles. The molecule has 0 aromatic rings. The van der Waals surface area contributed by atoms with Crippen LogP contribution in [0.1, 0.15) is 0 Å². The molecule has 0 saturated carbocycles. The lowest BCUT2D eigenvalue weighted by Gasteiger charge is -1.80. The van der Waals surface area contributed by atoms with E-state index in [9.17, 15) is 0 Å². The van der Waals surface area contributed by atoms with E-state index in [2.05, 4.69) is 10.3 Å². The van der Waals surface area contributed by atoms with Crippen LogP contribution in [0.4, 0.5) is 0 Å². The van der Waals surface area contributed by atoms with Crippen LogP contribution in [-0.4, -0.2) is 32.6 Å². The van der Waals surface area contributed by atoms with E-state index in [-0.39, 0.29) is 12.3 Å². The fourth-order valence-electron chi connectivity index (χ4n) is 0.616. The van der Waals surface area contributed by atoms with Crippen molar-refractivity contribution in [2.24, 2.45) is 4.99 Å². The monoisotopic (exact) mass is 114 g/mol. The third-order valence-corrected chi connectivity index (χ3v) is 1.11. The Hall–Kier alpha value is -0.410. The summed E-state index contributed by atoms with van der Waals surface area (Å²) in [5, 5.41) is 2.96. The van der Waals surface area contributed by atoms with Crippen LogP contribution in [0.25, 0.3) is 0 Å². The topological polar surface area (TPSA) is 36.9 Å². The zero-order chi connectivity index (χ0) is 5.98. The molecule has 0 radical (unpaired) electrons. The van der Waals surface area contributed by atoms with Gasteiger partial charge >= 0.3 is 0 Å². The van der Waals surface area contributed by atoms with E-state index in [0.29, 0.717) is 0 Å². The van der Waals surface area contributed by atoms with Crippen molar-refractivity contribution in [3.8, 4) is 0 Å². The summed E-state index contributed by atoms with van der Waals surface area (Å²) >= 11 is 0.